The number of hydrogen-bond donors (Lipinski definition) is 0. The highest BCUT2D eigenvalue weighted by molar-refractivity contribution is 5.55. The molecule has 0 aliphatic rings. The lowest BCUT2D eigenvalue weighted by atomic mass is 10.1. The predicted molar refractivity (Wildman–Crippen MR) is 48.7 cm³/mol. The molecule has 0 atom stereocenters. The van der Waals surface area contributed by atoms with E-state index in [0.717, 1.165) is 6.29 Å². The van der Waals surface area contributed by atoms with Crippen molar-refractivity contribution < 1.29 is 9.18 Å². The van der Waals surface area contributed by atoms with Crippen LogP contribution in [-0.2, 0) is 4.79 Å². The Hall–Kier alpha value is -1.62. The predicted octanol–water partition coefficient (Wildman–Crippen LogP) is 2.07. The molecule has 0 N–H and O–H groups in total. The number of carbonyl (C=O) groups excluding carboxylic acids is 1. The lowest BCUT2D eigenvalue weighted by Gasteiger charge is -1.97. The summed E-state index contributed by atoms with van der Waals surface area (Å²) < 4.78 is 13.0. The minimum absolute atomic E-state index is 0.190. The van der Waals surface area contributed by atoms with Crippen molar-refractivity contribution in [2.24, 2.45) is 0 Å². The van der Waals surface area contributed by atoms with Crippen LogP contribution in [0.5, 0.6) is 0 Å². The second-order valence-corrected chi connectivity index (χ2v) is 2.58. The van der Waals surface area contributed by atoms with E-state index < -0.39 is 0 Å². The Kier molecular flexibility index (Phi) is 3.22. The Balaban J connectivity index is 2.97. The molecule has 1 aromatic rings. The third kappa shape index (κ3) is 2.41. The lowest BCUT2D eigenvalue weighted by molar-refractivity contribution is -0.107. The van der Waals surface area contributed by atoms with Gasteiger partial charge in [0.25, 0.3) is 0 Å². The van der Waals surface area contributed by atoms with Crippen LogP contribution in [0.1, 0.15) is 17.5 Å². The van der Waals surface area contributed by atoms with Crippen LogP contribution in [-0.4, -0.2) is 6.29 Å². The molecule has 0 aromatic heterocycles. The largest absolute Gasteiger partial charge is 0.302 e. The fourth-order valence-electron chi connectivity index (χ4n) is 0.931. The van der Waals surface area contributed by atoms with Gasteiger partial charge in [0.05, 0.1) is 6.42 Å². The van der Waals surface area contributed by atoms with Crippen molar-refractivity contribution in [2.45, 2.75) is 13.3 Å². The van der Waals surface area contributed by atoms with Gasteiger partial charge in [0.1, 0.15) is 12.1 Å². The van der Waals surface area contributed by atoms with Crippen molar-refractivity contribution in [1.29, 1.82) is 0 Å². The van der Waals surface area contributed by atoms with Crippen molar-refractivity contribution in [3.05, 3.63) is 35.1 Å². The summed E-state index contributed by atoms with van der Waals surface area (Å²) in [6, 6.07) is 4.73. The molecule has 2 heteroatoms. The first-order chi connectivity index (χ1) is 6.25. The highest BCUT2D eigenvalue weighted by Crippen LogP contribution is 2.10. The monoisotopic (exact) mass is 176 g/mol. The summed E-state index contributed by atoms with van der Waals surface area (Å²) in [4.78, 5) is 9.97. The van der Waals surface area contributed by atoms with E-state index in [1.54, 1.807) is 19.1 Å². The molecule has 0 aliphatic heterocycles. The van der Waals surface area contributed by atoms with Gasteiger partial charge in [-0.2, -0.15) is 0 Å². The smallest absolute Gasteiger partial charge is 0.131 e. The molecule has 0 unspecified atom stereocenters. The maximum atomic E-state index is 13.0. The summed E-state index contributed by atoms with van der Waals surface area (Å²) in [7, 11) is 0. The van der Waals surface area contributed by atoms with Crippen LogP contribution in [0.4, 0.5) is 4.39 Å². The van der Waals surface area contributed by atoms with E-state index in [4.69, 9.17) is 0 Å². The minimum atomic E-state index is -0.266. The highest BCUT2D eigenvalue weighted by Gasteiger charge is 1.98. The third-order valence-corrected chi connectivity index (χ3v) is 1.68. The molecule has 0 fully saturated rings. The van der Waals surface area contributed by atoms with Gasteiger partial charge in [-0.1, -0.05) is 17.9 Å². The van der Waals surface area contributed by atoms with Gasteiger partial charge in [-0.05, 0) is 19.1 Å². The number of benzene rings is 1. The molecule has 0 spiro atoms. The topological polar surface area (TPSA) is 17.1 Å². The van der Waals surface area contributed by atoms with Crippen molar-refractivity contribution in [1.82, 2.24) is 0 Å². The quantitative estimate of drug-likeness (QED) is 0.473. The Morgan fingerprint density at radius 1 is 1.54 bits per heavy atom. The zero-order valence-corrected chi connectivity index (χ0v) is 7.30. The molecule has 0 heterocycles. The lowest BCUT2D eigenvalue weighted by Crippen LogP contribution is -1.86. The van der Waals surface area contributed by atoms with E-state index in [1.165, 1.54) is 6.07 Å². The van der Waals surface area contributed by atoms with E-state index in [1.807, 2.05) is 0 Å². The van der Waals surface area contributed by atoms with Crippen LogP contribution in [0.3, 0.4) is 0 Å². The summed E-state index contributed by atoms with van der Waals surface area (Å²) in [5.74, 6) is 5.10. The fourth-order valence-corrected chi connectivity index (χ4v) is 0.931. The van der Waals surface area contributed by atoms with Crippen molar-refractivity contribution in [3.8, 4) is 11.8 Å². The normalized spacial score (nSPS) is 8.77. The van der Waals surface area contributed by atoms with E-state index >= 15 is 0 Å². The number of hydrogen-bond acceptors (Lipinski definition) is 1. The Bertz CT molecular complexity index is 371. The van der Waals surface area contributed by atoms with Crippen molar-refractivity contribution >= 4 is 6.29 Å². The van der Waals surface area contributed by atoms with Crippen LogP contribution >= 0.6 is 0 Å². The molecule has 1 rings (SSSR count). The van der Waals surface area contributed by atoms with Crippen LogP contribution in [0.25, 0.3) is 0 Å². The van der Waals surface area contributed by atoms with Crippen LogP contribution in [0.2, 0.25) is 0 Å². The fraction of sp³-hybridized carbons (Fsp3) is 0.182. The van der Waals surface area contributed by atoms with Crippen molar-refractivity contribution in [2.75, 3.05) is 0 Å². The first-order valence-electron chi connectivity index (χ1n) is 3.93. The molecule has 13 heavy (non-hydrogen) atoms. The summed E-state index contributed by atoms with van der Waals surface area (Å²) in [6.45, 7) is 1.67. The molecular weight excluding hydrogens is 167 g/mol. The van der Waals surface area contributed by atoms with Gasteiger partial charge in [-0.15, -0.1) is 0 Å². The Morgan fingerprint density at radius 3 is 3.00 bits per heavy atom. The van der Waals surface area contributed by atoms with Crippen LogP contribution in [0, 0.1) is 24.6 Å². The molecule has 66 valence electrons. The highest BCUT2D eigenvalue weighted by atomic mass is 19.1. The SMILES string of the molecule is Cc1c(F)cccc1C#CCC=O. The number of aldehydes is 1. The van der Waals surface area contributed by atoms with Crippen molar-refractivity contribution in [3.63, 3.8) is 0 Å². The molecule has 0 aliphatic carbocycles. The third-order valence-electron chi connectivity index (χ3n) is 1.68. The second-order valence-electron chi connectivity index (χ2n) is 2.58. The number of rotatable bonds is 1. The number of carbonyl (C=O) groups is 1. The van der Waals surface area contributed by atoms with Gasteiger partial charge < -0.3 is 4.79 Å². The zero-order chi connectivity index (χ0) is 9.68. The van der Waals surface area contributed by atoms with Gasteiger partial charge in [-0.25, -0.2) is 4.39 Å². The number of halogens is 1. The first-order valence-corrected chi connectivity index (χ1v) is 3.93. The summed E-state index contributed by atoms with van der Waals surface area (Å²) in [6.07, 6.45) is 0.914. The standard InChI is InChI=1S/C11H9FO/c1-9-10(5-2-3-8-13)6-4-7-11(9)12/h4,6-8H,3H2,1H3. The van der Waals surface area contributed by atoms with Gasteiger partial charge in [-0.3, -0.25) is 0 Å². The molecule has 0 saturated heterocycles. The summed E-state index contributed by atoms with van der Waals surface area (Å²) in [5.41, 5.74) is 1.17. The minimum Gasteiger partial charge on any atom is -0.302 e. The van der Waals surface area contributed by atoms with E-state index in [2.05, 4.69) is 11.8 Å². The molecule has 0 amide bonds. The molecule has 0 radical (unpaired) electrons. The van der Waals surface area contributed by atoms with E-state index in [9.17, 15) is 9.18 Å². The summed E-state index contributed by atoms with van der Waals surface area (Å²) >= 11 is 0. The average Bonchev–Trinajstić information content (AvgIpc) is 2.13. The molecule has 0 saturated carbocycles. The molecule has 0 bridgehead atoms. The summed E-state index contributed by atoms with van der Waals surface area (Å²) in [5, 5.41) is 0. The Morgan fingerprint density at radius 2 is 2.31 bits per heavy atom. The first kappa shape index (κ1) is 9.47. The second kappa shape index (κ2) is 4.42. The molecular formula is C11H9FO. The van der Waals surface area contributed by atoms with Gasteiger partial charge >= 0.3 is 0 Å². The molecule has 1 aromatic carbocycles. The maximum absolute atomic E-state index is 13.0. The maximum Gasteiger partial charge on any atom is 0.131 e. The average molecular weight is 176 g/mol. The van der Waals surface area contributed by atoms with E-state index in [-0.39, 0.29) is 12.2 Å². The van der Waals surface area contributed by atoms with Crippen LogP contribution in [0.15, 0.2) is 18.2 Å². The zero-order valence-electron chi connectivity index (χ0n) is 7.30. The van der Waals surface area contributed by atoms with Gasteiger partial charge in [0, 0.05) is 11.1 Å². The molecule has 1 nitrogen and oxygen atoms in total. The Labute approximate surface area is 76.6 Å². The van der Waals surface area contributed by atoms with Gasteiger partial charge in [0.2, 0.25) is 0 Å². The van der Waals surface area contributed by atoms with Gasteiger partial charge in [0.15, 0.2) is 0 Å². The van der Waals surface area contributed by atoms with E-state index in [0.29, 0.717) is 11.1 Å². The van der Waals surface area contributed by atoms with Crippen LogP contribution < -0.4 is 0 Å².